The molecule has 0 saturated carbocycles. The molecule has 0 aliphatic carbocycles. The summed E-state index contributed by atoms with van der Waals surface area (Å²) in [4.78, 5) is 17.0. The Morgan fingerprint density at radius 1 is 0.917 bits per heavy atom. The van der Waals surface area contributed by atoms with Gasteiger partial charge in [-0.1, -0.05) is 54.6 Å². The number of para-hydroxylation sites is 4. The molecule has 1 N–H and O–H groups in total. The predicted octanol–water partition coefficient (Wildman–Crippen LogP) is 5.67. The molecular weight excluding hydrogens is 450 g/mol. The molecule has 0 atom stereocenters. The highest BCUT2D eigenvalue weighted by Gasteiger charge is 2.10. The number of carbonyl (C=O) groups excluding carboxylic acids is 1. The number of amides is 1. The maximum absolute atomic E-state index is 12.1. The Bertz CT molecular complexity index is 1280. The number of unbranched alkanes of at least 4 members (excludes halogenated alkanes) is 1. The van der Waals surface area contributed by atoms with Crippen LogP contribution in [0, 0.1) is 0 Å². The van der Waals surface area contributed by atoms with Gasteiger partial charge in [0.05, 0.1) is 24.8 Å². The van der Waals surface area contributed by atoms with Crippen molar-refractivity contribution in [2.75, 3.05) is 20.3 Å². The maximum Gasteiger partial charge on any atom is 0.243 e. The molecule has 0 spiro atoms. The number of benzene rings is 3. The molecule has 0 aliphatic rings. The van der Waals surface area contributed by atoms with Crippen LogP contribution < -0.4 is 14.8 Å². The average Bonchev–Trinajstić information content (AvgIpc) is 3.28. The Morgan fingerprint density at radius 2 is 1.67 bits per heavy atom. The largest absolute Gasteiger partial charge is 0.493 e. The third-order valence-electron chi connectivity index (χ3n) is 5.94. The molecule has 1 aromatic heterocycles. The van der Waals surface area contributed by atoms with E-state index in [1.54, 1.807) is 13.2 Å². The lowest BCUT2D eigenvalue weighted by Gasteiger charge is -2.12. The number of hydrogen-bond donors (Lipinski definition) is 1. The zero-order chi connectivity index (χ0) is 25.0. The van der Waals surface area contributed by atoms with Gasteiger partial charge in [-0.15, -0.1) is 0 Å². The van der Waals surface area contributed by atoms with Gasteiger partial charge in [-0.2, -0.15) is 0 Å². The van der Waals surface area contributed by atoms with E-state index in [2.05, 4.69) is 22.0 Å². The molecule has 4 aromatic rings. The summed E-state index contributed by atoms with van der Waals surface area (Å²) in [7, 11) is 1.65. The molecular formula is C30H33N3O3. The monoisotopic (exact) mass is 483 g/mol. The summed E-state index contributed by atoms with van der Waals surface area (Å²) in [6, 6.07) is 25.8. The standard InChI is InChI=1S/C30H33N3O3/c1-35-27-16-7-8-17-28(27)36-23-10-9-22-33-26-15-6-5-14-25(26)32-29(33)18-11-21-31-30(34)20-19-24-12-3-2-4-13-24/h2-8,12-17,19-20H,9-11,18,21-23H2,1H3,(H,31,34)/b20-19+. The van der Waals surface area contributed by atoms with Crippen LogP contribution in [0.2, 0.25) is 0 Å². The van der Waals surface area contributed by atoms with Crippen LogP contribution in [-0.4, -0.2) is 35.7 Å². The van der Waals surface area contributed by atoms with Gasteiger partial charge in [0, 0.05) is 25.6 Å². The van der Waals surface area contributed by atoms with Crippen LogP contribution in [0.15, 0.2) is 84.9 Å². The summed E-state index contributed by atoms with van der Waals surface area (Å²) in [6.45, 7) is 2.11. The number of imidazole rings is 1. The number of rotatable bonds is 13. The van der Waals surface area contributed by atoms with Crippen molar-refractivity contribution < 1.29 is 14.3 Å². The van der Waals surface area contributed by atoms with Crippen molar-refractivity contribution in [1.29, 1.82) is 0 Å². The normalized spacial score (nSPS) is 11.1. The first-order chi connectivity index (χ1) is 17.7. The summed E-state index contributed by atoms with van der Waals surface area (Å²) in [5.41, 5.74) is 3.16. The van der Waals surface area contributed by atoms with Crippen molar-refractivity contribution in [2.45, 2.75) is 32.2 Å². The van der Waals surface area contributed by atoms with Crippen LogP contribution in [0.25, 0.3) is 17.1 Å². The van der Waals surface area contributed by atoms with E-state index in [1.807, 2.05) is 72.8 Å². The van der Waals surface area contributed by atoms with Crippen molar-refractivity contribution in [2.24, 2.45) is 0 Å². The van der Waals surface area contributed by atoms with E-state index in [0.29, 0.717) is 13.2 Å². The minimum atomic E-state index is -0.0811. The number of fused-ring (bicyclic) bond motifs is 1. The molecule has 0 saturated heterocycles. The Balaban J connectivity index is 1.26. The number of aryl methyl sites for hydroxylation is 2. The van der Waals surface area contributed by atoms with Crippen molar-refractivity contribution in [1.82, 2.24) is 14.9 Å². The third kappa shape index (κ3) is 6.98. The Morgan fingerprint density at radius 3 is 2.50 bits per heavy atom. The van der Waals surface area contributed by atoms with Gasteiger partial charge < -0.3 is 19.4 Å². The third-order valence-corrected chi connectivity index (χ3v) is 5.94. The van der Waals surface area contributed by atoms with Crippen molar-refractivity contribution in [3.05, 3.63) is 96.3 Å². The molecule has 3 aromatic carbocycles. The molecule has 6 heteroatoms. The second-order valence-electron chi connectivity index (χ2n) is 8.51. The lowest BCUT2D eigenvalue weighted by molar-refractivity contribution is -0.116. The van der Waals surface area contributed by atoms with Gasteiger partial charge in [-0.25, -0.2) is 4.98 Å². The van der Waals surface area contributed by atoms with Crippen LogP contribution >= 0.6 is 0 Å². The van der Waals surface area contributed by atoms with Crippen molar-refractivity contribution in [3.8, 4) is 11.5 Å². The second kappa shape index (κ2) is 13.1. The van der Waals surface area contributed by atoms with Gasteiger partial charge in [-0.3, -0.25) is 4.79 Å². The quantitative estimate of drug-likeness (QED) is 0.197. The lowest BCUT2D eigenvalue weighted by Crippen LogP contribution is -2.22. The van der Waals surface area contributed by atoms with Crippen LogP contribution in [0.3, 0.4) is 0 Å². The van der Waals surface area contributed by atoms with Gasteiger partial charge >= 0.3 is 0 Å². The molecule has 186 valence electrons. The fourth-order valence-electron chi connectivity index (χ4n) is 4.11. The molecule has 4 rings (SSSR count). The van der Waals surface area contributed by atoms with E-state index in [1.165, 1.54) is 0 Å². The van der Waals surface area contributed by atoms with Gasteiger partial charge in [0.2, 0.25) is 5.91 Å². The summed E-state index contributed by atoms with van der Waals surface area (Å²) in [5, 5.41) is 2.97. The lowest BCUT2D eigenvalue weighted by atomic mass is 10.2. The molecule has 6 nitrogen and oxygen atoms in total. The highest BCUT2D eigenvalue weighted by Crippen LogP contribution is 2.26. The van der Waals surface area contributed by atoms with Crippen LogP contribution in [0.5, 0.6) is 11.5 Å². The predicted molar refractivity (Wildman–Crippen MR) is 144 cm³/mol. The molecule has 0 bridgehead atoms. The van der Waals surface area contributed by atoms with E-state index in [0.717, 1.165) is 66.1 Å². The van der Waals surface area contributed by atoms with E-state index < -0.39 is 0 Å². The molecule has 36 heavy (non-hydrogen) atoms. The van der Waals surface area contributed by atoms with Crippen LogP contribution in [0.4, 0.5) is 0 Å². The number of nitrogens with one attached hydrogen (secondary N) is 1. The number of ether oxygens (including phenoxy) is 2. The molecule has 1 amide bonds. The van der Waals surface area contributed by atoms with Crippen LogP contribution in [-0.2, 0) is 17.8 Å². The summed E-state index contributed by atoms with van der Waals surface area (Å²) < 4.78 is 13.6. The first-order valence-electron chi connectivity index (χ1n) is 12.5. The first kappa shape index (κ1) is 25.0. The second-order valence-corrected chi connectivity index (χ2v) is 8.51. The fourth-order valence-corrected chi connectivity index (χ4v) is 4.11. The summed E-state index contributed by atoms with van der Waals surface area (Å²) in [5.74, 6) is 2.50. The molecule has 0 unspecified atom stereocenters. The Labute approximate surface area is 212 Å². The summed E-state index contributed by atoms with van der Waals surface area (Å²) >= 11 is 0. The van der Waals surface area contributed by atoms with Crippen molar-refractivity contribution >= 4 is 23.0 Å². The molecule has 0 fully saturated rings. The van der Waals surface area contributed by atoms with E-state index in [9.17, 15) is 4.79 Å². The highest BCUT2D eigenvalue weighted by molar-refractivity contribution is 5.91. The first-order valence-corrected chi connectivity index (χ1v) is 12.5. The maximum atomic E-state index is 12.1. The smallest absolute Gasteiger partial charge is 0.243 e. The number of nitrogens with zero attached hydrogens (tertiary/aromatic N) is 2. The highest BCUT2D eigenvalue weighted by atomic mass is 16.5. The topological polar surface area (TPSA) is 65.4 Å². The summed E-state index contributed by atoms with van der Waals surface area (Å²) in [6.07, 6.45) is 6.93. The van der Waals surface area contributed by atoms with E-state index in [4.69, 9.17) is 14.5 Å². The fraction of sp³-hybridized carbons (Fsp3) is 0.267. The SMILES string of the molecule is COc1ccccc1OCCCCn1c(CCCNC(=O)/C=C/c2ccccc2)nc2ccccc21. The number of hydrogen-bond acceptors (Lipinski definition) is 4. The molecule has 1 heterocycles. The van der Waals surface area contributed by atoms with E-state index >= 15 is 0 Å². The van der Waals surface area contributed by atoms with Crippen molar-refractivity contribution in [3.63, 3.8) is 0 Å². The molecule has 0 aliphatic heterocycles. The van der Waals surface area contributed by atoms with Gasteiger partial charge in [0.25, 0.3) is 0 Å². The number of methoxy groups -OCH3 is 1. The van der Waals surface area contributed by atoms with E-state index in [-0.39, 0.29) is 5.91 Å². The Hall–Kier alpha value is -4.06. The number of aromatic nitrogens is 2. The zero-order valence-electron chi connectivity index (χ0n) is 20.7. The van der Waals surface area contributed by atoms with Gasteiger partial charge in [0.1, 0.15) is 5.82 Å². The number of carbonyl (C=O) groups is 1. The Kier molecular flexibility index (Phi) is 9.14. The molecule has 0 radical (unpaired) electrons. The minimum Gasteiger partial charge on any atom is -0.493 e. The van der Waals surface area contributed by atoms with Gasteiger partial charge in [-0.05, 0) is 55.2 Å². The minimum absolute atomic E-state index is 0.0811. The van der Waals surface area contributed by atoms with Gasteiger partial charge in [0.15, 0.2) is 11.5 Å². The zero-order valence-corrected chi connectivity index (χ0v) is 20.7. The average molecular weight is 484 g/mol. The van der Waals surface area contributed by atoms with Crippen LogP contribution in [0.1, 0.15) is 30.7 Å².